The van der Waals surface area contributed by atoms with Crippen molar-refractivity contribution >= 4 is 15.9 Å². The second-order valence-electron chi connectivity index (χ2n) is 6.18. The van der Waals surface area contributed by atoms with Gasteiger partial charge in [0.1, 0.15) is 15.7 Å². The normalized spacial score (nSPS) is 19.0. The molecule has 1 unspecified atom stereocenters. The van der Waals surface area contributed by atoms with Gasteiger partial charge in [-0.15, -0.1) is 0 Å². The summed E-state index contributed by atoms with van der Waals surface area (Å²) >= 11 is 0. The van der Waals surface area contributed by atoms with Crippen molar-refractivity contribution in [3.8, 4) is 0 Å². The van der Waals surface area contributed by atoms with Gasteiger partial charge in [-0.2, -0.15) is 0 Å². The van der Waals surface area contributed by atoms with Crippen molar-refractivity contribution in [1.82, 2.24) is 10.6 Å². The molecule has 0 bridgehead atoms. The minimum Gasteiger partial charge on any atom is -0.338 e. The number of nitrogens with one attached hydrogen (secondary N) is 2. The number of rotatable bonds is 5. The molecule has 23 heavy (non-hydrogen) atoms. The summed E-state index contributed by atoms with van der Waals surface area (Å²) in [4.78, 5) is 11.9. The molecule has 7 heteroatoms. The maximum atomic E-state index is 12.8. The number of carbonyl (C=O) groups excluding carboxylic acids is 1. The molecule has 2 amide bonds. The summed E-state index contributed by atoms with van der Waals surface area (Å²) in [5.41, 5.74) is 0.955. The zero-order valence-corrected chi connectivity index (χ0v) is 14.0. The summed E-state index contributed by atoms with van der Waals surface area (Å²) in [6.45, 7) is 2.38. The van der Waals surface area contributed by atoms with Crippen LogP contribution in [0.2, 0.25) is 0 Å². The highest BCUT2D eigenvalue weighted by atomic mass is 32.2. The highest BCUT2D eigenvalue weighted by Gasteiger charge is 2.23. The van der Waals surface area contributed by atoms with Crippen LogP contribution in [0, 0.1) is 11.7 Å². The Labute approximate surface area is 136 Å². The van der Waals surface area contributed by atoms with Crippen LogP contribution in [0.1, 0.15) is 25.3 Å². The van der Waals surface area contributed by atoms with Crippen LogP contribution in [0.4, 0.5) is 9.18 Å². The fourth-order valence-corrected chi connectivity index (χ4v) is 4.27. The number of amides is 2. The summed E-state index contributed by atoms with van der Waals surface area (Å²) in [5, 5.41) is 5.64. The minimum atomic E-state index is -2.87. The van der Waals surface area contributed by atoms with Gasteiger partial charge in [-0.25, -0.2) is 17.6 Å². The lowest BCUT2D eigenvalue weighted by molar-refractivity contribution is 0.235. The first-order valence-electron chi connectivity index (χ1n) is 7.83. The van der Waals surface area contributed by atoms with Gasteiger partial charge >= 0.3 is 6.03 Å². The van der Waals surface area contributed by atoms with Crippen LogP contribution < -0.4 is 10.6 Å². The van der Waals surface area contributed by atoms with Crippen molar-refractivity contribution < 1.29 is 17.6 Å². The average molecular weight is 342 g/mol. The third kappa shape index (κ3) is 6.17. The van der Waals surface area contributed by atoms with Crippen molar-refractivity contribution in [2.75, 3.05) is 18.1 Å². The van der Waals surface area contributed by atoms with Gasteiger partial charge in [0.25, 0.3) is 0 Å². The Bertz CT molecular complexity index is 617. The predicted molar refractivity (Wildman–Crippen MR) is 87.5 cm³/mol. The lowest BCUT2D eigenvalue weighted by Gasteiger charge is -2.22. The molecule has 1 aromatic carbocycles. The Kier molecular flexibility index (Phi) is 5.98. The average Bonchev–Trinajstić information content (AvgIpc) is 2.48. The maximum absolute atomic E-state index is 12.8. The van der Waals surface area contributed by atoms with Gasteiger partial charge < -0.3 is 10.6 Å². The van der Waals surface area contributed by atoms with Gasteiger partial charge in [-0.05, 0) is 49.8 Å². The van der Waals surface area contributed by atoms with Crippen molar-refractivity contribution in [2.24, 2.45) is 5.92 Å². The molecular weight excluding hydrogens is 319 g/mol. The van der Waals surface area contributed by atoms with E-state index < -0.39 is 9.84 Å². The van der Waals surface area contributed by atoms with E-state index in [0.717, 1.165) is 5.56 Å². The fraction of sp³-hybridized carbons (Fsp3) is 0.562. The Morgan fingerprint density at radius 2 is 1.87 bits per heavy atom. The standard InChI is InChI=1S/C16H23FN2O3S/c1-12(10-13-2-4-15(17)5-3-13)19-16(20)18-11-14-6-8-23(21,22)9-7-14/h2-5,12,14H,6-11H2,1H3,(H2,18,19,20). The predicted octanol–water partition coefficient (Wildman–Crippen LogP) is 1.88. The molecule has 1 heterocycles. The monoisotopic (exact) mass is 342 g/mol. The molecule has 1 aromatic rings. The molecule has 0 spiro atoms. The van der Waals surface area contributed by atoms with Crippen LogP contribution in [0.25, 0.3) is 0 Å². The molecule has 0 radical (unpaired) electrons. The van der Waals surface area contributed by atoms with Crippen LogP contribution in [0.5, 0.6) is 0 Å². The Morgan fingerprint density at radius 3 is 2.48 bits per heavy atom. The van der Waals surface area contributed by atoms with Crippen LogP contribution in [0.15, 0.2) is 24.3 Å². The lowest BCUT2D eigenvalue weighted by Crippen LogP contribution is -2.44. The smallest absolute Gasteiger partial charge is 0.315 e. The molecular formula is C16H23FN2O3S. The van der Waals surface area contributed by atoms with E-state index in [2.05, 4.69) is 10.6 Å². The number of benzene rings is 1. The molecule has 1 saturated heterocycles. The summed E-state index contributed by atoms with van der Waals surface area (Å²) in [7, 11) is -2.87. The molecule has 2 N–H and O–H groups in total. The quantitative estimate of drug-likeness (QED) is 0.858. The SMILES string of the molecule is CC(Cc1ccc(F)cc1)NC(=O)NCC1CCS(=O)(=O)CC1. The molecule has 1 aliphatic rings. The Hall–Kier alpha value is -1.63. The minimum absolute atomic E-state index is 0.0767. The van der Waals surface area contributed by atoms with Crippen molar-refractivity contribution in [3.63, 3.8) is 0 Å². The van der Waals surface area contributed by atoms with Gasteiger partial charge in [-0.3, -0.25) is 0 Å². The van der Waals surface area contributed by atoms with E-state index in [1.165, 1.54) is 12.1 Å². The summed E-state index contributed by atoms with van der Waals surface area (Å²) in [5.74, 6) is 0.363. The van der Waals surface area contributed by atoms with E-state index in [1.807, 2.05) is 6.92 Å². The first-order valence-corrected chi connectivity index (χ1v) is 9.65. The second-order valence-corrected chi connectivity index (χ2v) is 8.48. The Balaban J connectivity index is 1.69. The molecule has 0 aliphatic carbocycles. The van der Waals surface area contributed by atoms with Gasteiger partial charge in [0.05, 0.1) is 11.5 Å². The largest absolute Gasteiger partial charge is 0.338 e. The summed E-state index contributed by atoms with van der Waals surface area (Å²) in [6.07, 6.45) is 1.83. The van der Waals surface area contributed by atoms with Crippen LogP contribution in [0.3, 0.4) is 0 Å². The van der Waals surface area contributed by atoms with Gasteiger partial charge in [0.15, 0.2) is 0 Å². The molecule has 1 aliphatic heterocycles. The van der Waals surface area contributed by atoms with E-state index in [0.29, 0.717) is 25.8 Å². The number of sulfone groups is 1. The molecule has 128 valence electrons. The van der Waals surface area contributed by atoms with Crippen molar-refractivity contribution in [3.05, 3.63) is 35.6 Å². The molecule has 5 nitrogen and oxygen atoms in total. The van der Waals surface area contributed by atoms with E-state index in [-0.39, 0.29) is 35.3 Å². The third-order valence-corrected chi connectivity index (χ3v) is 5.77. The first kappa shape index (κ1) is 17.7. The van der Waals surface area contributed by atoms with Gasteiger partial charge in [-0.1, -0.05) is 12.1 Å². The van der Waals surface area contributed by atoms with E-state index >= 15 is 0 Å². The Morgan fingerprint density at radius 1 is 1.26 bits per heavy atom. The third-order valence-electron chi connectivity index (χ3n) is 4.06. The number of carbonyl (C=O) groups is 1. The maximum Gasteiger partial charge on any atom is 0.315 e. The lowest BCUT2D eigenvalue weighted by atomic mass is 10.0. The van der Waals surface area contributed by atoms with Gasteiger partial charge in [0.2, 0.25) is 0 Å². The topological polar surface area (TPSA) is 75.3 Å². The van der Waals surface area contributed by atoms with Crippen LogP contribution >= 0.6 is 0 Å². The first-order chi connectivity index (χ1) is 10.8. The fourth-order valence-electron chi connectivity index (χ4n) is 2.68. The highest BCUT2D eigenvalue weighted by molar-refractivity contribution is 7.91. The molecule has 1 atom stereocenters. The van der Waals surface area contributed by atoms with Crippen molar-refractivity contribution in [2.45, 2.75) is 32.2 Å². The number of halogens is 1. The highest BCUT2D eigenvalue weighted by Crippen LogP contribution is 2.17. The van der Waals surface area contributed by atoms with Crippen LogP contribution in [-0.4, -0.2) is 38.5 Å². The van der Waals surface area contributed by atoms with E-state index in [1.54, 1.807) is 12.1 Å². The second kappa shape index (κ2) is 7.77. The van der Waals surface area contributed by atoms with Crippen molar-refractivity contribution in [1.29, 1.82) is 0 Å². The molecule has 0 aromatic heterocycles. The zero-order valence-electron chi connectivity index (χ0n) is 13.2. The number of hydrogen-bond acceptors (Lipinski definition) is 3. The van der Waals surface area contributed by atoms with Crippen LogP contribution in [-0.2, 0) is 16.3 Å². The van der Waals surface area contributed by atoms with E-state index in [4.69, 9.17) is 0 Å². The number of urea groups is 1. The molecule has 0 saturated carbocycles. The number of hydrogen-bond donors (Lipinski definition) is 2. The van der Waals surface area contributed by atoms with Gasteiger partial charge in [0, 0.05) is 12.6 Å². The summed E-state index contributed by atoms with van der Waals surface area (Å²) in [6, 6.07) is 5.88. The van der Waals surface area contributed by atoms with E-state index in [9.17, 15) is 17.6 Å². The molecule has 2 rings (SSSR count). The summed E-state index contributed by atoms with van der Waals surface area (Å²) < 4.78 is 35.5. The molecule has 1 fully saturated rings. The zero-order chi connectivity index (χ0) is 16.9.